The normalized spacial score (nSPS) is 12.8. The predicted molar refractivity (Wildman–Crippen MR) is 61.0 cm³/mol. The van der Waals surface area contributed by atoms with Crippen molar-refractivity contribution in [1.82, 2.24) is 0 Å². The molecule has 14 heavy (non-hydrogen) atoms. The Bertz CT molecular complexity index is 254. The first kappa shape index (κ1) is 11.2. The van der Waals surface area contributed by atoms with Crippen molar-refractivity contribution in [2.24, 2.45) is 11.5 Å². The third kappa shape index (κ3) is 3.13. The summed E-state index contributed by atoms with van der Waals surface area (Å²) in [5, 5.41) is 0. The van der Waals surface area contributed by atoms with Gasteiger partial charge in [0.2, 0.25) is 0 Å². The summed E-state index contributed by atoms with van der Waals surface area (Å²) in [5.74, 6) is 0. The molecular formula is C12H20N2. The van der Waals surface area contributed by atoms with E-state index in [0.717, 1.165) is 12.0 Å². The zero-order chi connectivity index (χ0) is 10.4. The van der Waals surface area contributed by atoms with E-state index in [1.807, 2.05) is 0 Å². The number of rotatable bonds is 5. The molecular weight excluding hydrogens is 172 g/mol. The summed E-state index contributed by atoms with van der Waals surface area (Å²) >= 11 is 0. The standard InChI is InChI=1S/C12H20N2/c1-2-3-4-10-5-7-11(8-6-10)12(14)9-13/h5-8,12H,2-4,9,13-14H2,1H3. The molecule has 0 radical (unpaired) electrons. The van der Waals surface area contributed by atoms with Crippen LogP contribution in [0.3, 0.4) is 0 Å². The molecule has 4 N–H and O–H groups in total. The Balaban J connectivity index is 2.59. The summed E-state index contributed by atoms with van der Waals surface area (Å²) in [7, 11) is 0. The van der Waals surface area contributed by atoms with Crippen LogP contribution in [0.1, 0.15) is 36.9 Å². The molecule has 0 spiro atoms. The summed E-state index contributed by atoms with van der Waals surface area (Å²) in [6.45, 7) is 2.72. The van der Waals surface area contributed by atoms with E-state index in [1.165, 1.54) is 18.4 Å². The first-order valence-electron chi connectivity index (χ1n) is 5.32. The Morgan fingerprint density at radius 1 is 1.21 bits per heavy atom. The van der Waals surface area contributed by atoms with Crippen LogP contribution in [0.15, 0.2) is 24.3 Å². The largest absolute Gasteiger partial charge is 0.329 e. The Morgan fingerprint density at radius 2 is 1.86 bits per heavy atom. The van der Waals surface area contributed by atoms with E-state index in [9.17, 15) is 0 Å². The Labute approximate surface area is 86.3 Å². The molecule has 1 aromatic carbocycles. The van der Waals surface area contributed by atoms with E-state index in [4.69, 9.17) is 11.5 Å². The van der Waals surface area contributed by atoms with Gasteiger partial charge in [0.1, 0.15) is 0 Å². The van der Waals surface area contributed by atoms with Crippen LogP contribution in [0.4, 0.5) is 0 Å². The molecule has 0 bridgehead atoms. The number of hydrogen-bond acceptors (Lipinski definition) is 2. The minimum absolute atomic E-state index is 0.0183. The molecule has 0 saturated carbocycles. The number of nitrogens with two attached hydrogens (primary N) is 2. The van der Waals surface area contributed by atoms with Crippen LogP contribution in [0.5, 0.6) is 0 Å². The van der Waals surface area contributed by atoms with Crippen molar-refractivity contribution < 1.29 is 0 Å². The molecule has 0 fully saturated rings. The summed E-state index contributed by atoms with van der Waals surface area (Å²) < 4.78 is 0. The molecule has 1 aromatic rings. The van der Waals surface area contributed by atoms with E-state index < -0.39 is 0 Å². The molecule has 2 heteroatoms. The van der Waals surface area contributed by atoms with E-state index >= 15 is 0 Å². The predicted octanol–water partition coefficient (Wildman–Crippen LogP) is 1.99. The second-order valence-electron chi connectivity index (χ2n) is 3.69. The fraction of sp³-hybridized carbons (Fsp3) is 0.500. The van der Waals surface area contributed by atoms with Gasteiger partial charge in [-0.05, 0) is 24.0 Å². The Morgan fingerprint density at radius 3 is 2.36 bits per heavy atom. The third-order valence-electron chi connectivity index (χ3n) is 2.48. The lowest BCUT2D eigenvalue weighted by Gasteiger charge is -2.09. The number of hydrogen-bond donors (Lipinski definition) is 2. The first-order valence-corrected chi connectivity index (χ1v) is 5.32. The van der Waals surface area contributed by atoms with Crippen LogP contribution in [-0.4, -0.2) is 6.54 Å². The maximum atomic E-state index is 5.82. The highest BCUT2D eigenvalue weighted by Crippen LogP contribution is 2.12. The molecule has 2 nitrogen and oxygen atoms in total. The van der Waals surface area contributed by atoms with Gasteiger partial charge in [-0.15, -0.1) is 0 Å². The van der Waals surface area contributed by atoms with Crippen molar-refractivity contribution >= 4 is 0 Å². The van der Waals surface area contributed by atoms with E-state index in [1.54, 1.807) is 0 Å². The summed E-state index contributed by atoms with van der Waals surface area (Å²) in [6.07, 6.45) is 3.65. The quantitative estimate of drug-likeness (QED) is 0.749. The van der Waals surface area contributed by atoms with Crippen molar-refractivity contribution in [2.45, 2.75) is 32.2 Å². The molecule has 0 aromatic heterocycles. The minimum atomic E-state index is -0.0183. The van der Waals surface area contributed by atoms with Crippen molar-refractivity contribution in [3.8, 4) is 0 Å². The van der Waals surface area contributed by atoms with Gasteiger partial charge in [-0.25, -0.2) is 0 Å². The van der Waals surface area contributed by atoms with Crippen molar-refractivity contribution in [1.29, 1.82) is 0 Å². The lowest BCUT2D eigenvalue weighted by molar-refractivity contribution is 0.735. The zero-order valence-corrected chi connectivity index (χ0v) is 8.87. The molecule has 0 aliphatic heterocycles. The van der Waals surface area contributed by atoms with Crippen LogP contribution in [-0.2, 0) is 6.42 Å². The Hall–Kier alpha value is -0.860. The van der Waals surface area contributed by atoms with Crippen LogP contribution in [0, 0.1) is 0 Å². The zero-order valence-electron chi connectivity index (χ0n) is 8.87. The van der Waals surface area contributed by atoms with Crippen molar-refractivity contribution in [3.63, 3.8) is 0 Å². The second kappa shape index (κ2) is 5.78. The van der Waals surface area contributed by atoms with Gasteiger partial charge in [-0.1, -0.05) is 37.6 Å². The highest BCUT2D eigenvalue weighted by atomic mass is 14.7. The van der Waals surface area contributed by atoms with E-state index in [2.05, 4.69) is 31.2 Å². The fourth-order valence-electron chi connectivity index (χ4n) is 1.45. The van der Waals surface area contributed by atoms with Gasteiger partial charge in [0.05, 0.1) is 0 Å². The molecule has 1 unspecified atom stereocenters. The molecule has 1 rings (SSSR count). The van der Waals surface area contributed by atoms with Gasteiger partial charge in [-0.2, -0.15) is 0 Å². The highest BCUT2D eigenvalue weighted by molar-refractivity contribution is 5.25. The average Bonchev–Trinajstić information content (AvgIpc) is 2.26. The third-order valence-corrected chi connectivity index (χ3v) is 2.48. The van der Waals surface area contributed by atoms with Gasteiger partial charge in [0.25, 0.3) is 0 Å². The number of benzene rings is 1. The molecule has 0 aliphatic rings. The van der Waals surface area contributed by atoms with Crippen molar-refractivity contribution in [3.05, 3.63) is 35.4 Å². The molecule has 0 saturated heterocycles. The summed E-state index contributed by atoms with van der Waals surface area (Å²) in [5.41, 5.74) is 13.8. The van der Waals surface area contributed by atoms with Crippen molar-refractivity contribution in [2.75, 3.05) is 6.54 Å². The topological polar surface area (TPSA) is 52.0 Å². The first-order chi connectivity index (χ1) is 6.77. The average molecular weight is 192 g/mol. The maximum absolute atomic E-state index is 5.82. The highest BCUT2D eigenvalue weighted by Gasteiger charge is 2.02. The van der Waals surface area contributed by atoms with Gasteiger partial charge < -0.3 is 11.5 Å². The van der Waals surface area contributed by atoms with Gasteiger partial charge in [0, 0.05) is 12.6 Å². The molecule has 1 atom stereocenters. The van der Waals surface area contributed by atoms with Crippen LogP contribution in [0.2, 0.25) is 0 Å². The Kier molecular flexibility index (Phi) is 4.63. The van der Waals surface area contributed by atoms with E-state index in [0.29, 0.717) is 6.54 Å². The number of aryl methyl sites for hydroxylation is 1. The molecule has 0 aliphatic carbocycles. The SMILES string of the molecule is CCCCc1ccc(C(N)CN)cc1. The van der Waals surface area contributed by atoms with E-state index in [-0.39, 0.29) is 6.04 Å². The molecule has 0 heterocycles. The lowest BCUT2D eigenvalue weighted by atomic mass is 10.0. The second-order valence-corrected chi connectivity index (χ2v) is 3.69. The number of unbranched alkanes of at least 4 members (excludes halogenated alkanes) is 1. The van der Waals surface area contributed by atoms with Crippen LogP contribution in [0.25, 0.3) is 0 Å². The summed E-state index contributed by atoms with van der Waals surface area (Å²) in [4.78, 5) is 0. The van der Waals surface area contributed by atoms with Crippen LogP contribution < -0.4 is 11.5 Å². The minimum Gasteiger partial charge on any atom is -0.329 e. The van der Waals surface area contributed by atoms with Crippen LogP contribution >= 0.6 is 0 Å². The molecule has 0 amide bonds. The smallest absolute Gasteiger partial charge is 0.0419 e. The fourth-order valence-corrected chi connectivity index (χ4v) is 1.45. The summed E-state index contributed by atoms with van der Waals surface area (Å²) in [6, 6.07) is 8.46. The van der Waals surface area contributed by atoms with Gasteiger partial charge >= 0.3 is 0 Å². The van der Waals surface area contributed by atoms with Gasteiger partial charge in [-0.3, -0.25) is 0 Å². The lowest BCUT2D eigenvalue weighted by Crippen LogP contribution is -2.20. The molecule has 78 valence electrons. The van der Waals surface area contributed by atoms with Gasteiger partial charge in [0.15, 0.2) is 0 Å². The monoisotopic (exact) mass is 192 g/mol. The maximum Gasteiger partial charge on any atom is 0.0419 e.